The van der Waals surface area contributed by atoms with E-state index in [-0.39, 0.29) is 41.0 Å². The number of carbonyl (C=O) groups is 1. The maximum atomic E-state index is 14.0. The number of hydrogen-bond donors (Lipinski definition) is 3. The first-order valence-corrected chi connectivity index (χ1v) is 5.84. The van der Waals surface area contributed by atoms with Crippen LogP contribution in [0.5, 0.6) is 11.5 Å². The van der Waals surface area contributed by atoms with Crippen molar-refractivity contribution in [2.45, 2.75) is 32.7 Å². The van der Waals surface area contributed by atoms with Gasteiger partial charge in [-0.2, -0.15) is 0 Å². The number of carboxylic acid groups (broad SMARTS) is 1. The molecule has 1 aromatic carbocycles. The van der Waals surface area contributed by atoms with Gasteiger partial charge in [-0.15, -0.1) is 0 Å². The molecular formula is C13H18FNO4. The monoisotopic (exact) mass is 271 g/mol. The van der Waals surface area contributed by atoms with Crippen LogP contribution < -0.4 is 10.5 Å². The quantitative estimate of drug-likeness (QED) is 0.762. The zero-order chi connectivity index (χ0) is 14.7. The molecule has 0 aromatic heterocycles. The number of aromatic hydroxyl groups is 1. The Labute approximate surface area is 110 Å². The summed E-state index contributed by atoms with van der Waals surface area (Å²) in [5, 5.41) is 18.7. The van der Waals surface area contributed by atoms with Gasteiger partial charge in [-0.1, -0.05) is 0 Å². The number of benzene rings is 1. The minimum Gasteiger partial charge on any atom is -0.504 e. The van der Waals surface area contributed by atoms with Crippen molar-refractivity contribution in [3.63, 3.8) is 0 Å². The smallest absolute Gasteiger partial charge is 0.303 e. The molecule has 6 heteroatoms. The third-order valence-electron chi connectivity index (χ3n) is 3.12. The normalized spacial score (nSPS) is 12.3. The number of nitrogens with two attached hydrogens (primary N) is 1. The number of methoxy groups -OCH3 is 1. The minimum absolute atomic E-state index is 0.0314. The number of hydrogen-bond acceptors (Lipinski definition) is 4. The van der Waals surface area contributed by atoms with Crippen LogP contribution in [0, 0.1) is 19.7 Å². The van der Waals surface area contributed by atoms with E-state index in [0.717, 1.165) is 0 Å². The molecule has 1 unspecified atom stereocenters. The Bertz CT molecular complexity index is 502. The van der Waals surface area contributed by atoms with Crippen molar-refractivity contribution in [1.82, 2.24) is 0 Å². The van der Waals surface area contributed by atoms with Crippen LogP contribution in [0.4, 0.5) is 4.39 Å². The van der Waals surface area contributed by atoms with E-state index in [2.05, 4.69) is 0 Å². The molecule has 5 nitrogen and oxygen atoms in total. The molecule has 0 aliphatic carbocycles. The van der Waals surface area contributed by atoms with Crippen molar-refractivity contribution in [2.24, 2.45) is 5.73 Å². The molecule has 4 N–H and O–H groups in total. The Morgan fingerprint density at radius 2 is 2.00 bits per heavy atom. The van der Waals surface area contributed by atoms with Gasteiger partial charge in [0.25, 0.3) is 0 Å². The average Bonchev–Trinajstić information content (AvgIpc) is 2.34. The van der Waals surface area contributed by atoms with Gasteiger partial charge in [-0.3, -0.25) is 4.79 Å². The topological polar surface area (TPSA) is 92.8 Å². The van der Waals surface area contributed by atoms with Crippen LogP contribution >= 0.6 is 0 Å². The fourth-order valence-electron chi connectivity index (χ4n) is 2.10. The molecule has 0 amide bonds. The Morgan fingerprint density at radius 1 is 1.42 bits per heavy atom. The zero-order valence-electron chi connectivity index (χ0n) is 11.2. The largest absolute Gasteiger partial charge is 0.504 e. The summed E-state index contributed by atoms with van der Waals surface area (Å²) in [5.41, 5.74) is 6.45. The summed E-state index contributed by atoms with van der Waals surface area (Å²) >= 11 is 0. The molecule has 19 heavy (non-hydrogen) atoms. The second-order valence-corrected chi connectivity index (χ2v) is 4.40. The van der Waals surface area contributed by atoms with Gasteiger partial charge in [0.2, 0.25) is 0 Å². The third-order valence-corrected chi connectivity index (χ3v) is 3.12. The Balaban J connectivity index is 3.27. The average molecular weight is 271 g/mol. The van der Waals surface area contributed by atoms with Gasteiger partial charge in [0.05, 0.1) is 7.11 Å². The van der Waals surface area contributed by atoms with Crippen molar-refractivity contribution < 1.29 is 24.1 Å². The number of phenolic OH excluding ortho intramolecular Hbond substituents is 1. The summed E-state index contributed by atoms with van der Waals surface area (Å²) in [6, 6.07) is -0.764. The van der Waals surface area contributed by atoms with Crippen molar-refractivity contribution in [3.05, 3.63) is 22.5 Å². The minimum atomic E-state index is -0.993. The highest BCUT2D eigenvalue weighted by Crippen LogP contribution is 2.41. The molecule has 0 bridgehead atoms. The molecule has 0 heterocycles. The lowest BCUT2D eigenvalue weighted by Gasteiger charge is -2.20. The summed E-state index contributed by atoms with van der Waals surface area (Å²) in [6.07, 6.45) is -0.0484. The predicted octanol–water partition coefficient (Wildman–Crippen LogP) is 2.02. The van der Waals surface area contributed by atoms with Crippen LogP contribution in [0.25, 0.3) is 0 Å². The molecule has 1 rings (SSSR count). The summed E-state index contributed by atoms with van der Waals surface area (Å²) in [4.78, 5) is 10.5. The van der Waals surface area contributed by atoms with Crippen LogP contribution in [0.15, 0.2) is 0 Å². The molecule has 1 atom stereocenters. The Morgan fingerprint density at radius 3 is 2.47 bits per heavy atom. The molecular weight excluding hydrogens is 253 g/mol. The van der Waals surface area contributed by atoms with Crippen molar-refractivity contribution in [3.8, 4) is 11.5 Å². The van der Waals surface area contributed by atoms with E-state index in [0.29, 0.717) is 0 Å². The number of rotatable bonds is 5. The van der Waals surface area contributed by atoms with Crippen LogP contribution in [0.2, 0.25) is 0 Å². The SMILES string of the molecule is COc1c(C)c(F)c(C)c(C(N)CCC(=O)O)c1O. The fraction of sp³-hybridized carbons (Fsp3) is 0.462. The van der Waals surface area contributed by atoms with Crippen molar-refractivity contribution >= 4 is 5.97 Å². The summed E-state index contributed by atoms with van der Waals surface area (Å²) < 4.78 is 19.0. The van der Waals surface area contributed by atoms with Crippen molar-refractivity contribution in [2.75, 3.05) is 7.11 Å². The summed E-state index contributed by atoms with van der Waals surface area (Å²) in [5.74, 6) is -1.69. The van der Waals surface area contributed by atoms with Crippen LogP contribution in [-0.4, -0.2) is 23.3 Å². The fourth-order valence-corrected chi connectivity index (χ4v) is 2.10. The predicted molar refractivity (Wildman–Crippen MR) is 67.9 cm³/mol. The lowest BCUT2D eigenvalue weighted by atomic mass is 9.94. The number of halogens is 1. The Hall–Kier alpha value is -1.82. The molecule has 0 aliphatic rings. The summed E-state index contributed by atoms with van der Waals surface area (Å²) in [7, 11) is 1.32. The van der Waals surface area contributed by atoms with Gasteiger partial charge < -0.3 is 20.7 Å². The van der Waals surface area contributed by atoms with Gasteiger partial charge in [-0.05, 0) is 25.8 Å². The maximum absolute atomic E-state index is 14.0. The first kappa shape index (κ1) is 15.2. The molecule has 0 saturated carbocycles. The molecule has 0 fully saturated rings. The highest BCUT2D eigenvalue weighted by atomic mass is 19.1. The van der Waals surface area contributed by atoms with Gasteiger partial charge >= 0.3 is 5.97 Å². The zero-order valence-corrected chi connectivity index (χ0v) is 11.2. The van der Waals surface area contributed by atoms with Crippen molar-refractivity contribution in [1.29, 1.82) is 0 Å². The Kier molecular flexibility index (Phi) is 4.72. The molecule has 0 aliphatic heterocycles. The molecule has 0 radical (unpaired) electrons. The van der Waals surface area contributed by atoms with E-state index >= 15 is 0 Å². The number of carboxylic acids is 1. The van der Waals surface area contributed by atoms with Gasteiger partial charge in [-0.25, -0.2) is 4.39 Å². The van der Waals surface area contributed by atoms with Crippen LogP contribution in [0.3, 0.4) is 0 Å². The van der Waals surface area contributed by atoms with Crippen LogP contribution in [-0.2, 0) is 4.79 Å². The molecule has 1 aromatic rings. The molecule has 0 spiro atoms. The van der Waals surface area contributed by atoms with Gasteiger partial charge in [0.1, 0.15) is 5.82 Å². The first-order valence-electron chi connectivity index (χ1n) is 5.84. The maximum Gasteiger partial charge on any atom is 0.303 e. The lowest BCUT2D eigenvalue weighted by molar-refractivity contribution is -0.137. The summed E-state index contributed by atoms with van der Waals surface area (Å²) in [6.45, 7) is 2.99. The van der Waals surface area contributed by atoms with E-state index in [1.807, 2.05) is 0 Å². The molecule has 106 valence electrons. The molecule has 0 saturated heterocycles. The van der Waals surface area contributed by atoms with Crippen LogP contribution in [0.1, 0.15) is 35.6 Å². The van der Waals surface area contributed by atoms with E-state index in [1.165, 1.54) is 21.0 Å². The van der Waals surface area contributed by atoms with E-state index in [1.54, 1.807) is 0 Å². The van der Waals surface area contributed by atoms with Gasteiger partial charge in [0, 0.05) is 23.6 Å². The first-order chi connectivity index (χ1) is 8.81. The standard InChI is InChI=1S/C13H18FNO4/c1-6-10(8(15)4-5-9(16)17)12(18)13(19-3)7(2)11(6)14/h8,18H,4-5,15H2,1-3H3,(H,16,17). The second-order valence-electron chi connectivity index (χ2n) is 4.40. The second kappa shape index (κ2) is 5.88. The number of phenols is 1. The number of aliphatic carboxylic acids is 1. The highest BCUT2D eigenvalue weighted by molar-refractivity contribution is 5.67. The number of ether oxygens (including phenoxy) is 1. The van der Waals surface area contributed by atoms with E-state index < -0.39 is 17.8 Å². The highest BCUT2D eigenvalue weighted by Gasteiger charge is 2.24. The third kappa shape index (κ3) is 2.96. The van der Waals surface area contributed by atoms with E-state index in [9.17, 15) is 14.3 Å². The lowest BCUT2D eigenvalue weighted by Crippen LogP contribution is -2.15. The van der Waals surface area contributed by atoms with Gasteiger partial charge in [0.15, 0.2) is 11.5 Å². The van der Waals surface area contributed by atoms with E-state index in [4.69, 9.17) is 15.6 Å².